The van der Waals surface area contributed by atoms with Crippen molar-refractivity contribution in [1.82, 2.24) is 9.80 Å². The first-order valence-electron chi connectivity index (χ1n) is 8.06. The molecule has 0 saturated carbocycles. The number of nitrogens with two attached hydrogens (primary N) is 1. The monoisotopic (exact) mass is 267 g/mol. The van der Waals surface area contributed by atoms with Crippen LogP contribution < -0.4 is 5.73 Å². The van der Waals surface area contributed by atoms with Gasteiger partial charge in [0.1, 0.15) is 0 Å². The Kier molecular flexibility index (Phi) is 4.59. The fraction of sp³-hybridized carbons (Fsp3) is 1.00. The molecule has 2 aliphatic rings. The maximum Gasteiger partial charge on any atom is 0.0361 e. The van der Waals surface area contributed by atoms with Crippen LogP contribution in [0.5, 0.6) is 0 Å². The van der Waals surface area contributed by atoms with E-state index in [2.05, 4.69) is 44.5 Å². The SMILES string of the molecule is CC1CC(C)C(C)N(C2(CN)CCN(C)C(C)C2)C1. The van der Waals surface area contributed by atoms with Crippen LogP contribution in [0.15, 0.2) is 0 Å². The van der Waals surface area contributed by atoms with Crippen molar-refractivity contribution in [2.24, 2.45) is 17.6 Å². The number of rotatable bonds is 2. The van der Waals surface area contributed by atoms with Crippen LogP contribution in [0.2, 0.25) is 0 Å². The standard InChI is InChI=1S/C16H33N3/c1-12-8-13(2)15(4)19(10-12)16(11-17)6-7-18(5)14(3)9-16/h12-15H,6-11,17H2,1-5H3. The Bertz CT molecular complexity index is 306. The molecule has 2 rings (SSSR count). The summed E-state index contributed by atoms with van der Waals surface area (Å²) in [5.41, 5.74) is 6.51. The summed E-state index contributed by atoms with van der Waals surface area (Å²) in [5, 5.41) is 0. The predicted molar refractivity (Wildman–Crippen MR) is 82.2 cm³/mol. The molecule has 5 atom stereocenters. The van der Waals surface area contributed by atoms with Gasteiger partial charge in [-0.25, -0.2) is 0 Å². The number of hydrogen-bond donors (Lipinski definition) is 1. The quantitative estimate of drug-likeness (QED) is 0.832. The molecule has 5 unspecified atom stereocenters. The normalized spacial score (nSPS) is 46.4. The van der Waals surface area contributed by atoms with Gasteiger partial charge in [-0.2, -0.15) is 0 Å². The van der Waals surface area contributed by atoms with Crippen molar-refractivity contribution >= 4 is 0 Å². The number of piperidine rings is 2. The second-order valence-electron chi connectivity index (χ2n) is 7.42. The van der Waals surface area contributed by atoms with Crippen LogP contribution in [0.25, 0.3) is 0 Å². The lowest BCUT2D eigenvalue weighted by atomic mass is 9.76. The van der Waals surface area contributed by atoms with Crippen LogP contribution in [0, 0.1) is 11.8 Å². The second kappa shape index (κ2) is 5.71. The molecule has 2 fully saturated rings. The van der Waals surface area contributed by atoms with Gasteiger partial charge in [-0.1, -0.05) is 13.8 Å². The first-order valence-corrected chi connectivity index (χ1v) is 8.06. The Balaban J connectivity index is 2.20. The molecule has 0 amide bonds. The molecule has 0 spiro atoms. The maximum atomic E-state index is 6.27. The molecule has 2 N–H and O–H groups in total. The molecule has 0 bridgehead atoms. The molecule has 2 saturated heterocycles. The van der Waals surface area contributed by atoms with Gasteiger partial charge in [-0.15, -0.1) is 0 Å². The molecular weight excluding hydrogens is 234 g/mol. The summed E-state index contributed by atoms with van der Waals surface area (Å²) in [7, 11) is 2.25. The summed E-state index contributed by atoms with van der Waals surface area (Å²) in [5.74, 6) is 1.60. The summed E-state index contributed by atoms with van der Waals surface area (Å²) in [6.45, 7) is 12.8. The van der Waals surface area contributed by atoms with Crippen molar-refractivity contribution in [1.29, 1.82) is 0 Å². The van der Waals surface area contributed by atoms with Crippen LogP contribution in [0.3, 0.4) is 0 Å². The minimum absolute atomic E-state index is 0.244. The number of nitrogens with zero attached hydrogens (tertiary/aromatic N) is 2. The Morgan fingerprint density at radius 3 is 2.47 bits per heavy atom. The zero-order valence-electron chi connectivity index (χ0n) is 13.5. The third-order valence-electron chi connectivity index (χ3n) is 5.94. The van der Waals surface area contributed by atoms with E-state index < -0.39 is 0 Å². The molecule has 2 heterocycles. The molecule has 3 heteroatoms. The average Bonchev–Trinajstić information content (AvgIpc) is 2.37. The van der Waals surface area contributed by atoms with Gasteiger partial charge < -0.3 is 10.6 Å². The first-order chi connectivity index (χ1) is 8.89. The van der Waals surface area contributed by atoms with Gasteiger partial charge in [0.15, 0.2) is 0 Å². The highest BCUT2D eigenvalue weighted by atomic mass is 15.3. The van der Waals surface area contributed by atoms with Crippen molar-refractivity contribution in [3.05, 3.63) is 0 Å². The van der Waals surface area contributed by atoms with Crippen LogP contribution in [-0.4, -0.2) is 54.1 Å². The topological polar surface area (TPSA) is 32.5 Å². The lowest BCUT2D eigenvalue weighted by Gasteiger charge is -2.56. The van der Waals surface area contributed by atoms with Gasteiger partial charge in [0.05, 0.1) is 0 Å². The van der Waals surface area contributed by atoms with E-state index in [9.17, 15) is 0 Å². The summed E-state index contributed by atoms with van der Waals surface area (Å²) >= 11 is 0. The number of hydrogen-bond acceptors (Lipinski definition) is 3. The molecule has 112 valence electrons. The Morgan fingerprint density at radius 1 is 1.21 bits per heavy atom. The van der Waals surface area contributed by atoms with E-state index in [0.717, 1.165) is 18.4 Å². The smallest absolute Gasteiger partial charge is 0.0361 e. The highest BCUT2D eigenvalue weighted by Crippen LogP contribution is 2.38. The van der Waals surface area contributed by atoms with Crippen molar-refractivity contribution in [2.45, 2.75) is 64.6 Å². The molecule has 0 aromatic heterocycles. The van der Waals surface area contributed by atoms with E-state index >= 15 is 0 Å². The zero-order valence-corrected chi connectivity index (χ0v) is 13.5. The highest BCUT2D eigenvalue weighted by Gasteiger charge is 2.45. The Morgan fingerprint density at radius 2 is 1.89 bits per heavy atom. The van der Waals surface area contributed by atoms with E-state index in [1.807, 2.05) is 0 Å². The lowest BCUT2D eigenvalue weighted by Crippen LogP contribution is -2.66. The van der Waals surface area contributed by atoms with Crippen molar-refractivity contribution in [3.8, 4) is 0 Å². The molecule has 2 aliphatic heterocycles. The Hall–Kier alpha value is -0.120. The van der Waals surface area contributed by atoms with Gasteiger partial charge in [0.2, 0.25) is 0 Å². The van der Waals surface area contributed by atoms with Crippen LogP contribution >= 0.6 is 0 Å². The first kappa shape index (κ1) is 15.3. The van der Waals surface area contributed by atoms with Gasteiger partial charge in [0.25, 0.3) is 0 Å². The summed E-state index contributed by atoms with van der Waals surface area (Å²) < 4.78 is 0. The largest absolute Gasteiger partial charge is 0.329 e. The molecular formula is C16H33N3. The highest BCUT2D eigenvalue weighted by molar-refractivity contribution is 5.02. The van der Waals surface area contributed by atoms with E-state index in [-0.39, 0.29) is 5.54 Å². The maximum absolute atomic E-state index is 6.27. The molecule has 0 aliphatic carbocycles. The summed E-state index contributed by atoms with van der Waals surface area (Å²) in [6, 6.07) is 1.33. The minimum Gasteiger partial charge on any atom is -0.329 e. The van der Waals surface area contributed by atoms with E-state index in [0.29, 0.717) is 12.1 Å². The van der Waals surface area contributed by atoms with Crippen LogP contribution in [0.1, 0.15) is 47.0 Å². The fourth-order valence-electron chi connectivity index (χ4n) is 4.32. The third kappa shape index (κ3) is 2.84. The number of likely N-dealkylation sites (tertiary alicyclic amines) is 2. The second-order valence-corrected chi connectivity index (χ2v) is 7.42. The minimum atomic E-state index is 0.244. The van der Waals surface area contributed by atoms with Crippen LogP contribution in [-0.2, 0) is 0 Å². The summed E-state index contributed by atoms with van der Waals surface area (Å²) in [4.78, 5) is 5.25. The predicted octanol–water partition coefficient (Wildman–Crippen LogP) is 2.16. The van der Waals surface area contributed by atoms with Gasteiger partial charge in [-0.3, -0.25) is 4.90 Å². The molecule has 0 radical (unpaired) electrons. The third-order valence-corrected chi connectivity index (χ3v) is 5.94. The molecule has 3 nitrogen and oxygen atoms in total. The van der Waals surface area contributed by atoms with Crippen molar-refractivity contribution in [3.63, 3.8) is 0 Å². The lowest BCUT2D eigenvalue weighted by molar-refractivity contribution is -0.0562. The van der Waals surface area contributed by atoms with Crippen LogP contribution in [0.4, 0.5) is 0 Å². The molecule has 19 heavy (non-hydrogen) atoms. The van der Waals surface area contributed by atoms with E-state index in [1.165, 1.54) is 32.4 Å². The van der Waals surface area contributed by atoms with Gasteiger partial charge >= 0.3 is 0 Å². The van der Waals surface area contributed by atoms with Crippen molar-refractivity contribution in [2.75, 3.05) is 26.7 Å². The summed E-state index contributed by atoms with van der Waals surface area (Å²) in [6.07, 6.45) is 3.83. The molecule has 0 aromatic carbocycles. The Labute approximate surface area is 119 Å². The molecule has 0 aromatic rings. The van der Waals surface area contributed by atoms with E-state index in [4.69, 9.17) is 5.73 Å². The van der Waals surface area contributed by atoms with Gasteiger partial charge in [-0.05, 0) is 58.5 Å². The zero-order chi connectivity index (χ0) is 14.2. The average molecular weight is 267 g/mol. The van der Waals surface area contributed by atoms with Crippen molar-refractivity contribution < 1.29 is 0 Å². The fourth-order valence-corrected chi connectivity index (χ4v) is 4.32. The van der Waals surface area contributed by atoms with E-state index in [1.54, 1.807) is 0 Å². The van der Waals surface area contributed by atoms with Gasteiger partial charge in [0, 0.05) is 30.7 Å².